The molecule has 1 amide bonds. The maximum absolute atomic E-state index is 12.1. The Hall–Kier alpha value is -2.78. The van der Waals surface area contributed by atoms with Gasteiger partial charge in [0.1, 0.15) is 5.75 Å². The van der Waals surface area contributed by atoms with Gasteiger partial charge in [0.25, 0.3) is 11.6 Å². The van der Waals surface area contributed by atoms with Crippen LogP contribution in [-0.4, -0.2) is 22.4 Å². The van der Waals surface area contributed by atoms with Crippen LogP contribution < -0.4 is 10.1 Å². The zero-order valence-electron chi connectivity index (χ0n) is 14.1. The van der Waals surface area contributed by atoms with Crippen LogP contribution in [0.3, 0.4) is 0 Å². The van der Waals surface area contributed by atoms with Crippen LogP contribution in [-0.2, 0) is 4.79 Å². The molecule has 0 fully saturated rings. The number of aromatic nitrogens is 1. The monoisotopic (exact) mass is 447 g/mol. The number of hydrogen-bond acceptors (Lipinski definition) is 6. The molecule has 0 saturated carbocycles. The first-order valence-electron chi connectivity index (χ1n) is 7.81. The third kappa shape index (κ3) is 4.89. The first kappa shape index (κ1) is 19.0. The quantitative estimate of drug-likeness (QED) is 0.432. The highest BCUT2D eigenvalue weighted by Crippen LogP contribution is 2.28. The zero-order valence-corrected chi connectivity index (χ0v) is 16.5. The van der Waals surface area contributed by atoms with Crippen LogP contribution in [0.4, 0.5) is 10.8 Å². The molecule has 27 heavy (non-hydrogen) atoms. The molecule has 1 heterocycles. The summed E-state index contributed by atoms with van der Waals surface area (Å²) < 4.78 is 6.28. The maximum Gasteiger partial charge on any atom is 0.270 e. The number of aryl methyl sites for hydroxylation is 1. The average Bonchev–Trinajstić information content (AvgIpc) is 3.09. The summed E-state index contributed by atoms with van der Waals surface area (Å²) >= 11 is 4.63. The normalized spacial score (nSPS) is 10.4. The van der Waals surface area contributed by atoms with Crippen LogP contribution in [0, 0.1) is 17.0 Å². The van der Waals surface area contributed by atoms with Crippen molar-refractivity contribution in [2.75, 3.05) is 11.9 Å². The number of thiazole rings is 1. The Balaban J connectivity index is 1.62. The van der Waals surface area contributed by atoms with E-state index in [1.54, 1.807) is 23.6 Å². The number of anilines is 1. The molecule has 0 atom stereocenters. The number of rotatable bonds is 6. The molecule has 0 unspecified atom stereocenters. The first-order chi connectivity index (χ1) is 12.9. The number of benzene rings is 2. The van der Waals surface area contributed by atoms with Gasteiger partial charge >= 0.3 is 0 Å². The van der Waals surface area contributed by atoms with E-state index in [-0.39, 0.29) is 18.2 Å². The van der Waals surface area contributed by atoms with Crippen LogP contribution in [0.15, 0.2) is 52.3 Å². The molecule has 1 aromatic heterocycles. The molecule has 3 rings (SSSR count). The van der Waals surface area contributed by atoms with Gasteiger partial charge in [-0.25, -0.2) is 4.98 Å². The lowest BCUT2D eigenvalue weighted by molar-refractivity contribution is -0.384. The van der Waals surface area contributed by atoms with Crippen LogP contribution >= 0.6 is 27.3 Å². The summed E-state index contributed by atoms with van der Waals surface area (Å²) in [6.45, 7) is 1.80. The zero-order chi connectivity index (χ0) is 19.4. The van der Waals surface area contributed by atoms with E-state index in [1.165, 1.54) is 23.5 Å². The summed E-state index contributed by atoms with van der Waals surface area (Å²) in [7, 11) is 0. The van der Waals surface area contributed by atoms with Gasteiger partial charge in [0.2, 0.25) is 0 Å². The van der Waals surface area contributed by atoms with E-state index in [0.29, 0.717) is 22.1 Å². The summed E-state index contributed by atoms with van der Waals surface area (Å²) in [5.74, 6) is 0.231. The number of carbonyl (C=O) groups excluding carboxylic acids is 1. The van der Waals surface area contributed by atoms with E-state index in [4.69, 9.17) is 4.74 Å². The van der Waals surface area contributed by atoms with Gasteiger partial charge in [-0.1, -0.05) is 18.2 Å². The maximum atomic E-state index is 12.1. The van der Waals surface area contributed by atoms with Crippen molar-refractivity contribution < 1.29 is 14.5 Å². The van der Waals surface area contributed by atoms with Crippen molar-refractivity contribution in [1.82, 2.24) is 4.98 Å². The number of halogens is 1. The molecule has 3 aromatic rings. The van der Waals surface area contributed by atoms with Gasteiger partial charge in [-0.05, 0) is 40.5 Å². The third-order valence-electron chi connectivity index (χ3n) is 3.55. The summed E-state index contributed by atoms with van der Waals surface area (Å²) in [5.41, 5.74) is 2.24. The molecule has 1 N–H and O–H groups in total. The van der Waals surface area contributed by atoms with E-state index in [2.05, 4.69) is 26.2 Å². The van der Waals surface area contributed by atoms with Crippen molar-refractivity contribution in [3.8, 4) is 17.0 Å². The standard InChI is InChI=1S/C18H14BrN3O4S/c1-11-5-6-16(14(19)7-11)26-9-17(23)21-18-20-15(10-27-18)12-3-2-4-13(8-12)22(24)25/h2-8,10H,9H2,1H3,(H,20,21,23). The lowest BCUT2D eigenvalue weighted by atomic mass is 10.1. The molecule has 7 nitrogen and oxygen atoms in total. The third-order valence-corrected chi connectivity index (χ3v) is 4.93. The summed E-state index contributed by atoms with van der Waals surface area (Å²) in [6.07, 6.45) is 0. The predicted octanol–water partition coefficient (Wildman–Crippen LogP) is 4.81. The molecular formula is C18H14BrN3O4S. The number of non-ortho nitro benzene ring substituents is 1. The van der Waals surface area contributed by atoms with Crippen LogP contribution in [0.1, 0.15) is 5.56 Å². The Bertz CT molecular complexity index is 1010. The van der Waals surface area contributed by atoms with E-state index < -0.39 is 4.92 Å². The van der Waals surface area contributed by atoms with Crippen molar-refractivity contribution in [3.05, 3.63) is 68.0 Å². The van der Waals surface area contributed by atoms with Crippen LogP contribution in [0.25, 0.3) is 11.3 Å². The van der Waals surface area contributed by atoms with E-state index in [1.807, 2.05) is 19.1 Å². The Morgan fingerprint density at radius 3 is 2.89 bits per heavy atom. The molecular weight excluding hydrogens is 434 g/mol. The topological polar surface area (TPSA) is 94.4 Å². The van der Waals surface area contributed by atoms with E-state index in [0.717, 1.165) is 10.0 Å². The molecule has 0 radical (unpaired) electrons. The van der Waals surface area contributed by atoms with Crippen molar-refractivity contribution in [3.63, 3.8) is 0 Å². The summed E-state index contributed by atoms with van der Waals surface area (Å²) in [4.78, 5) is 26.8. The highest BCUT2D eigenvalue weighted by Gasteiger charge is 2.12. The molecule has 0 spiro atoms. The second kappa shape index (κ2) is 8.28. The fraction of sp³-hybridized carbons (Fsp3) is 0.111. The number of nitro benzene ring substituents is 1. The number of nitro groups is 1. The highest BCUT2D eigenvalue weighted by molar-refractivity contribution is 9.10. The minimum atomic E-state index is -0.459. The SMILES string of the molecule is Cc1ccc(OCC(=O)Nc2nc(-c3cccc([N+](=O)[O-])c3)cs2)c(Br)c1. The van der Waals surface area contributed by atoms with Crippen LogP contribution in [0.2, 0.25) is 0 Å². The fourth-order valence-corrected chi connectivity index (χ4v) is 3.61. The molecule has 0 saturated heterocycles. The summed E-state index contributed by atoms with van der Waals surface area (Å²) in [5, 5.41) is 15.7. The molecule has 9 heteroatoms. The Morgan fingerprint density at radius 1 is 1.33 bits per heavy atom. The number of amides is 1. The number of ether oxygens (including phenoxy) is 1. The molecule has 0 bridgehead atoms. The fourth-order valence-electron chi connectivity index (χ4n) is 2.26. The van der Waals surface area contributed by atoms with Gasteiger partial charge < -0.3 is 4.74 Å². The van der Waals surface area contributed by atoms with Gasteiger partial charge in [-0.2, -0.15) is 0 Å². The number of carbonyl (C=O) groups is 1. The number of nitrogens with zero attached hydrogens (tertiary/aromatic N) is 2. The van der Waals surface area contributed by atoms with E-state index in [9.17, 15) is 14.9 Å². The molecule has 0 aliphatic heterocycles. The highest BCUT2D eigenvalue weighted by atomic mass is 79.9. The predicted molar refractivity (Wildman–Crippen MR) is 107 cm³/mol. The van der Waals surface area contributed by atoms with Gasteiger partial charge in [0, 0.05) is 23.1 Å². The van der Waals surface area contributed by atoms with Crippen LogP contribution in [0.5, 0.6) is 5.75 Å². The number of hydrogen-bond donors (Lipinski definition) is 1. The lowest BCUT2D eigenvalue weighted by Gasteiger charge is -2.08. The van der Waals surface area contributed by atoms with Crippen molar-refractivity contribution >= 4 is 44.0 Å². The molecule has 2 aromatic carbocycles. The van der Waals surface area contributed by atoms with Crippen molar-refractivity contribution in [2.24, 2.45) is 0 Å². The molecule has 138 valence electrons. The van der Waals surface area contributed by atoms with Gasteiger partial charge in [-0.15, -0.1) is 11.3 Å². The second-order valence-corrected chi connectivity index (χ2v) is 7.33. The molecule has 0 aliphatic carbocycles. The number of nitrogens with one attached hydrogen (secondary N) is 1. The second-order valence-electron chi connectivity index (χ2n) is 5.62. The average molecular weight is 448 g/mol. The Morgan fingerprint density at radius 2 is 2.15 bits per heavy atom. The lowest BCUT2D eigenvalue weighted by Crippen LogP contribution is -2.20. The van der Waals surface area contributed by atoms with Crippen molar-refractivity contribution in [1.29, 1.82) is 0 Å². The van der Waals surface area contributed by atoms with E-state index >= 15 is 0 Å². The van der Waals surface area contributed by atoms with Crippen molar-refractivity contribution in [2.45, 2.75) is 6.92 Å². The first-order valence-corrected chi connectivity index (χ1v) is 9.49. The molecule has 0 aliphatic rings. The Labute approximate surface area is 167 Å². The van der Waals surface area contributed by atoms with Gasteiger partial charge in [0.15, 0.2) is 11.7 Å². The summed E-state index contributed by atoms with van der Waals surface area (Å²) in [6, 6.07) is 11.8. The minimum Gasteiger partial charge on any atom is -0.483 e. The minimum absolute atomic E-state index is 0.0110. The van der Waals surface area contributed by atoms with Gasteiger partial charge in [0.05, 0.1) is 15.1 Å². The smallest absolute Gasteiger partial charge is 0.270 e. The largest absolute Gasteiger partial charge is 0.483 e. The Kier molecular flexibility index (Phi) is 5.82. The van der Waals surface area contributed by atoms with Gasteiger partial charge in [-0.3, -0.25) is 20.2 Å².